The highest BCUT2D eigenvalue weighted by Crippen LogP contribution is 2.24. The zero-order valence-corrected chi connectivity index (χ0v) is 16.7. The SMILES string of the molecule is Nc1ncc(CCN2CCC(=Cc3ccccc3F)CC2)c(-c2ccc(F)cc2)n1. The molecule has 0 amide bonds. The Kier molecular flexibility index (Phi) is 6.14. The Hall–Kier alpha value is -3.12. The lowest BCUT2D eigenvalue weighted by Gasteiger charge is -2.28. The van der Waals surface area contributed by atoms with Gasteiger partial charge in [0.05, 0.1) is 5.69 Å². The molecular formula is C24H24F2N4. The van der Waals surface area contributed by atoms with Crippen LogP contribution in [0.4, 0.5) is 14.7 Å². The van der Waals surface area contributed by atoms with E-state index in [4.69, 9.17) is 5.73 Å². The molecule has 6 heteroatoms. The summed E-state index contributed by atoms with van der Waals surface area (Å²) in [5.74, 6) is -0.252. The summed E-state index contributed by atoms with van der Waals surface area (Å²) in [5, 5.41) is 0. The van der Waals surface area contributed by atoms with Gasteiger partial charge in [0.2, 0.25) is 5.95 Å². The number of hydrogen-bond acceptors (Lipinski definition) is 4. The predicted molar refractivity (Wildman–Crippen MR) is 116 cm³/mol. The zero-order valence-electron chi connectivity index (χ0n) is 16.7. The number of nitrogens with two attached hydrogens (primary N) is 1. The summed E-state index contributed by atoms with van der Waals surface area (Å²) in [6.07, 6.45) is 6.37. The molecular weight excluding hydrogens is 382 g/mol. The lowest BCUT2D eigenvalue weighted by Crippen LogP contribution is -2.32. The summed E-state index contributed by atoms with van der Waals surface area (Å²) in [7, 11) is 0. The van der Waals surface area contributed by atoms with Crippen molar-refractivity contribution < 1.29 is 8.78 Å². The van der Waals surface area contributed by atoms with Crippen LogP contribution in [0.3, 0.4) is 0 Å². The predicted octanol–water partition coefficient (Wildman–Crippen LogP) is 4.73. The molecule has 0 spiro atoms. The number of halogens is 2. The Labute approximate surface area is 175 Å². The van der Waals surface area contributed by atoms with E-state index < -0.39 is 0 Å². The molecule has 0 aliphatic carbocycles. The maximum absolute atomic E-state index is 13.9. The molecule has 0 bridgehead atoms. The molecule has 4 nitrogen and oxygen atoms in total. The number of hydrogen-bond donors (Lipinski definition) is 1. The third kappa shape index (κ3) is 4.89. The van der Waals surface area contributed by atoms with Crippen LogP contribution < -0.4 is 5.73 Å². The van der Waals surface area contributed by atoms with Gasteiger partial charge in [0.1, 0.15) is 11.6 Å². The average molecular weight is 406 g/mol. The topological polar surface area (TPSA) is 55.0 Å². The average Bonchev–Trinajstić information content (AvgIpc) is 2.76. The molecule has 0 radical (unpaired) electrons. The Morgan fingerprint density at radius 1 is 1.00 bits per heavy atom. The van der Waals surface area contributed by atoms with Crippen LogP contribution in [-0.4, -0.2) is 34.5 Å². The van der Waals surface area contributed by atoms with Crippen LogP contribution in [0.1, 0.15) is 24.0 Å². The van der Waals surface area contributed by atoms with Crippen molar-refractivity contribution in [1.82, 2.24) is 14.9 Å². The third-order valence-electron chi connectivity index (χ3n) is 5.46. The number of nitrogen functional groups attached to an aromatic ring is 1. The largest absolute Gasteiger partial charge is 0.368 e. The van der Waals surface area contributed by atoms with Gasteiger partial charge in [-0.2, -0.15) is 0 Å². The summed E-state index contributed by atoms with van der Waals surface area (Å²) in [6, 6.07) is 13.1. The molecule has 154 valence electrons. The number of likely N-dealkylation sites (tertiary alicyclic amines) is 1. The van der Waals surface area contributed by atoms with Gasteiger partial charge < -0.3 is 10.6 Å². The maximum atomic E-state index is 13.9. The van der Waals surface area contributed by atoms with Gasteiger partial charge in [-0.3, -0.25) is 0 Å². The molecule has 0 saturated carbocycles. The van der Waals surface area contributed by atoms with Crippen LogP contribution in [0.15, 0.2) is 60.3 Å². The van der Waals surface area contributed by atoms with Crippen molar-refractivity contribution in [2.75, 3.05) is 25.4 Å². The van der Waals surface area contributed by atoms with Crippen LogP contribution in [-0.2, 0) is 6.42 Å². The second-order valence-corrected chi connectivity index (χ2v) is 7.52. The molecule has 30 heavy (non-hydrogen) atoms. The molecule has 0 atom stereocenters. The van der Waals surface area contributed by atoms with E-state index in [0.717, 1.165) is 55.7 Å². The molecule has 3 aromatic rings. The minimum atomic E-state index is -0.283. The van der Waals surface area contributed by atoms with Gasteiger partial charge in [0, 0.05) is 37.0 Å². The van der Waals surface area contributed by atoms with Gasteiger partial charge in [0.25, 0.3) is 0 Å². The smallest absolute Gasteiger partial charge is 0.220 e. The lowest BCUT2D eigenvalue weighted by atomic mass is 9.99. The number of benzene rings is 2. The van der Waals surface area contributed by atoms with Crippen molar-refractivity contribution in [3.8, 4) is 11.3 Å². The van der Waals surface area contributed by atoms with Gasteiger partial charge in [-0.05, 0) is 55.2 Å². The Bertz CT molecular complexity index is 1040. The third-order valence-corrected chi connectivity index (χ3v) is 5.46. The van der Waals surface area contributed by atoms with Gasteiger partial charge in [-0.1, -0.05) is 29.8 Å². The van der Waals surface area contributed by atoms with Crippen molar-refractivity contribution in [3.63, 3.8) is 0 Å². The quantitative estimate of drug-likeness (QED) is 0.666. The summed E-state index contributed by atoms with van der Waals surface area (Å²) in [6.45, 7) is 2.73. The summed E-state index contributed by atoms with van der Waals surface area (Å²) >= 11 is 0. The van der Waals surface area contributed by atoms with Crippen LogP contribution >= 0.6 is 0 Å². The highest BCUT2D eigenvalue weighted by atomic mass is 19.1. The molecule has 1 aliphatic rings. The number of anilines is 1. The van der Waals surface area contributed by atoms with Crippen molar-refractivity contribution in [2.24, 2.45) is 0 Å². The monoisotopic (exact) mass is 406 g/mol. The zero-order chi connectivity index (χ0) is 20.9. The van der Waals surface area contributed by atoms with Gasteiger partial charge in [0.15, 0.2) is 0 Å². The van der Waals surface area contributed by atoms with Gasteiger partial charge in [-0.25, -0.2) is 18.7 Å². The van der Waals surface area contributed by atoms with Crippen molar-refractivity contribution >= 4 is 12.0 Å². The molecule has 2 heterocycles. The van der Waals surface area contributed by atoms with Gasteiger partial charge >= 0.3 is 0 Å². The van der Waals surface area contributed by atoms with E-state index in [1.165, 1.54) is 23.8 Å². The van der Waals surface area contributed by atoms with Crippen LogP contribution in [0.2, 0.25) is 0 Å². The molecule has 2 N–H and O–H groups in total. The highest BCUT2D eigenvalue weighted by Gasteiger charge is 2.16. The second-order valence-electron chi connectivity index (χ2n) is 7.52. The molecule has 1 aliphatic heterocycles. The first-order valence-corrected chi connectivity index (χ1v) is 10.1. The van der Waals surface area contributed by atoms with E-state index in [9.17, 15) is 8.78 Å². The first-order valence-electron chi connectivity index (χ1n) is 10.1. The van der Waals surface area contributed by atoms with E-state index in [-0.39, 0.29) is 17.6 Å². The lowest BCUT2D eigenvalue weighted by molar-refractivity contribution is 0.260. The standard InChI is InChI=1S/C24H24F2N4/c25-21-7-5-18(6-8-21)23-20(16-28-24(27)29-23)11-14-30-12-9-17(10-13-30)15-19-3-1-2-4-22(19)26/h1-8,15-16H,9-14H2,(H2,27,28,29). The number of nitrogens with zero attached hydrogens (tertiary/aromatic N) is 3. The summed E-state index contributed by atoms with van der Waals surface area (Å²) in [4.78, 5) is 10.9. The Balaban J connectivity index is 1.39. The molecule has 4 rings (SSSR count). The first-order chi connectivity index (χ1) is 14.6. The van der Waals surface area contributed by atoms with E-state index in [0.29, 0.717) is 5.56 Å². The highest BCUT2D eigenvalue weighted by molar-refractivity contribution is 5.63. The van der Waals surface area contributed by atoms with Crippen LogP contribution in [0, 0.1) is 11.6 Å². The molecule has 1 fully saturated rings. The first kappa shape index (κ1) is 20.2. The normalized spacial score (nSPS) is 14.7. The number of piperidine rings is 1. The second kappa shape index (κ2) is 9.13. The molecule has 2 aromatic carbocycles. The molecule has 0 unspecified atom stereocenters. The fourth-order valence-corrected chi connectivity index (χ4v) is 3.76. The number of rotatable bonds is 5. The summed E-state index contributed by atoms with van der Waals surface area (Å²) in [5.41, 5.74) is 10.3. The maximum Gasteiger partial charge on any atom is 0.220 e. The molecule has 1 aromatic heterocycles. The minimum absolute atomic E-state index is 0.177. The van der Waals surface area contributed by atoms with Crippen LogP contribution in [0.5, 0.6) is 0 Å². The molecule has 1 saturated heterocycles. The van der Waals surface area contributed by atoms with Gasteiger partial charge in [-0.15, -0.1) is 0 Å². The van der Waals surface area contributed by atoms with E-state index in [1.54, 1.807) is 24.4 Å². The fraction of sp³-hybridized carbons (Fsp3) is 0.250. The fourth-order valence-electron chi connectivity index (χ4n) is 3.76. The van der Waals surface area contributed by atoms with Crippen molar-refractivity contribution in [2.45, 2.75) is 19.3 Å². The van der Waals surface area contributed by atoms with E-state index >= 15 is 0 Å². The minimum Gasteiger partial charge on any atom is -0.368 e. The Morgan fingerprint density at radius 3 is 2.47 bits per heavy atom. The van der Waals surface area contributed by atoms with E-state index in [1.807, 2.05) is 18.2 Å². The van der Waals surface area contributed by atoms with Crippen molar-refractivity contribution in [3.05, 3.63) is 83.1 Å². The van der Waals surface area contributed by atoms with Crippen molar-refractivity contribution in [1.29, 1.82) is 0 Å². The van der Waals surface area contributed by atoms with E-state index in [2.05, 4.69) is 14.9 Å². The number of aromatic nitrogens is 2. The summed E-state index contributed by atoms with van der Waals surface area (Å²) < 4.78 is 27.1. The Morgan fingerprint density at radius 2 is 1.73 bits per heavy atom. The van der Waals surface area contributed by atoms with Crippen LogP contribution in [0.25, 0.3) is 17.3 Å².